The maximum Gasteiger partial charge on any atom is 0.135 e. The van der Waals surface area contributed by atoms with Crippen molar-refractivity contribution in [2.24, 2.45) is 0 Å². The molecule has 0 amide bonds. The van der Waals surface area contributed by atoms with Crippen LogP contribution in [0.1, 0.15) is 38.4 Å². The summed E-state index contributed by atoms with van der Waals surface area (Å²) in [6.45, 7) is 5.07. The van der Waals surface area contributed by atoms with Gasteiger partial charge >= 0.3 is 0 Å². The molecule has 0 fully saturated rings. The molecule has 0 aliphatic heterocycles. The molecule has 16 heavy (non-hydrogen) atoms. The lowest BCUT2D eigenvalue weighted by molar-refractivity contribution is 0.286. The zero-order chi connectivity index (χ0) is 12.0. The number of unbranched alkanes of at least 4 members (excludes halogenated alkanes) is 1. The molecule has 0 bridgehead atoms. The van der Waals surface area contributed by atoms with Crippen LogP contribution >= 0.6 is 11.6 Å². The Balaban J connectivity index is 2.58. The number of halogens is 1. The molecule has 0 aliphatic carbocycles. The maximum absolute atomic E-state index is 8.65. The van der Waals surface area contributed by atoms with E-state index in [2.05, 4.69) is 15.3 Å². The highest BCUT2D eigenvalue weighted by atomic mass is 35.5. The summed E-state index contributed by atoms with van der Waals surface area (Å²) in [6.07, 6.45) is 1.71. The van der Waals surface area contributed by atoms with Crippen LogP contribution in [0.3, 0.4) is 0 Å². The highest BCUT2D eigenvalue weighted by Gasteiger charge is 2.06. The minimum Gasteiger partial charge on any atom is -0.396 e. The summed E-state index contributed by atoms with van der Waals surface area (Å²) in [5.41, 5.74) is 0. The molecule has 0 aromatic carbocycles. The number of anilines is 1. The van der Waals surface area contributed by atoms with Crippen molar-refractivity contribution >= 4 is 17.4 Å². The van der Waals surface area contributed by atoms with E-state index in [9.17, 15) is 0 Å². The maximum atomic E-state index is 8.65. The van der Waals surface area contributed by atoms with Gasteiger partial charge in [0.25, 0.3) is 0 Å². The van der Waals surface area contributed by atoms with Gasteiger partial charge in [0.05, 0.1) is 0 Å². The van der Waals surface area contributed by atoms with E-state index >= 15 is 0 Å². The molecule has 0 aliphatic rings. The summed E-state index contributed by atoms with van der Waals surface area (Å²) in [5.74, 6) is 1.76. The number of aliphatic hydroxyl groups excluding tert-OH is 1. The second kappa shape index (κ2) is 6.66. The Morgan fingerprint density at radius 2 is 2.12 bits per heavy atom. The first-order valence-corrected chi connectivity index (χ1v) is 5.90. The fourth-order valence-corrected chi connectivity index (χ4v) is 1.43. The van der Waals surface area contributed by atoms with E-state index in [1.807, 2.05) is 13.8 Å². The van der Waals surface area contributed by atoms with Crippen molar-refractivity contribution in [3.8, 4) is 0 Å². The van der Waals surface area contributed by atoms with Gasteiger partial charge in [0.2, 0.25) is 0 Å². The number of aromatic nitrogens is 2. The largest absolute Gasteiger partial charge is 0.396 e. The van der Waals surface area contributed by atoms with Crippen molar-refractivity contribution in [1.29, 1.82) is 0 Å². The smallest absolute Gasteiger partial charge is 0.135 e. The van der Waals surface area contributed by atoms with Crippen LogP contribution < -0.4 is 5.32 Å². The minimum absolute atomic E-state index is 0.226. The Kier molecular flexibility index (Phi) is 5.49. The van der Waals surface area contributed by atoms with Gasteiger partial charge in [-0.3, -0.25) is 0 Å². The summed E-state index contributed by atoms with van der Waals surface area (Å²) in [6, 6.07) is 1.71. The van der Waals surface area contributed by atoms with E-state index in [1.54, 1.807) is 6.07 Å². The van der Waals surface area contributed by atoms with E-state index in [1.165, 1.54) is 0 Å². The molecule has 0 spiro atoms. The minimum atomic E-state index is 0.226. The fraction of sp³-hybridized carbons (Fsp3) is 0.636. The van der Waals surface area contributed by atoms with Gasteiger partial charge in [0, 0.05) is 25.1 Å². The number of hydrogen-bond donors (Lipinski definition) is 2. The van der Waals surface area contributed by atoms with Crippen LogP contribution in [0.2, 0.25) is 5.15 Å². The standard InChI is InChI=1S/C11H18ClN3O/c1-8(2)11-14-9(12)7-10(15-11)13-5-3-4-6-16/h7-8,16H,3-6H2,1-2H3,(H,13,14,15). The van der Waals surface area contributed by atoms with E-state index in [4.69, 9.17) is 16.7 Å². The zero-order valence-electron chi connectivity index (χ0n) is 9.70. The van der Waals surface area contributed by atoms with Crippen molar-refractivity contribution < 1.29 is 5.11 Å². The first-order chi connectivity index (χ1) is 7.63. The van der Waals surface area contributed by atoms with Gasteiger partial charge in [0.1, 0.15) is 16.8 Å². The molecule has 1 aromatic heterocycles. The molecule has 5 heteroatoms. The molecule has 0 radical (unpaired) electrons. The lowest BCUT2D eigenvalue weighted by Gasteiger charge is -2.09. The number of hydrogen-bond acceptors (Lipinski definition) is 4. The van der Waals surface area contributed by atoms with Gasteiger partial charge in [-0.1, -0.05) is 25.4 Å². The Bertz CT molecular complexity index is 331. The molecule has 2 N–H and O–H groups in total. The number of aliphatic hydroxyl groups is 1. The number of nitrogens with zero attached hydrogens (tertiary/aromatic N) is 2. The van der Waals surface area contributed by atoms with Gasteiger partial charge in [-0.25, -0.2) is 9.97 Å². The molecular formula is C11H18ClN3O. The van der Waals surface area contributed by atoms with Gasteiger partial charge in [-0.15, -0.1) is 0 Å². The van der Waals surface area contributed by atoms with Crippen LogP contribution in [0.25, 0.3) is 0 Å². The molecule has 90 valence electrons. The molecule has 0 saturated carbocycles. The van der Waals surface area contributed by atoms with Crippen molar-refractivity contribution in [1.82, 2.24) is 9.97 Å². The molecular weight excluding hydrogens is 226 g/mol. The lowest BCUT2D eigenvalue weighted by atomic mass is 10.2. The van der Waals surface area contributed by atoms with Gasteiger partial charge in [0.15, 0.2) is 0 Å². The Morgan fingerprint density at radius 1 is 1.38 bits per heavy atom. The van der Waals surface area contributed by atoms with Gasteiger partial charge < -0.3 is 10.4 Å². The average Bonchev–Trinajstić information content (AvgIpc) is 2.23. The third kappa shape index (κ3) is 4.33. The zero-order valence-corrected chi connectivity index (χ0v) is 10.5. The van der Waals surface area contributed by atoms with E-state index in [0.29, 0.717) is 5.15 Å². The SMILES string of the molecule is CC(C)c1nc(Cl)cc(NCCCCO)n1. The Morgan fingerprint density at radius 3 is 2.75 bits per heavy atom. The first kappa shape index (κ1) is 13.2. The third-order valence-corrected chi connectivity index (χ3v) is 2.31. The summed E-state index contributed by atoms with van der Waals surface area (Å²) in [5, 5.41) is 12.3. The van der Waals surface area contributed by atoms with E-state index in [-0.39, 0.29) is 12.5 Å². The summed E-state index contributed by atoms with van der Waals surface area (Å²) >= 11 is 5.90. The van der Waals surface area contributed by atoms with E-state index < -0.39 is 0 Å². The highest BCUT2D eigenvalue weighted by Crippen LogP contribution is 2.16. The normalized spacial score (nSPS) is 10.8. The first-order valence-electron chi connectivity index (χ1n) is 5.52. The molecule has 1 rings (SSSR count). The Hall–Kier alpha value is -0.870. The monoisotopic (exact) mass is 243 g/mol. The quantitative estimate of drug-likeness (QED) is 0.595. The van der Waals surface area contributed by atoms with Crippen LogP contribution in [0.15, 0.2) is 6.07 Å². The summed E-state index contributed by atoms with van der Waals surface area (Å²) in [4.78, 5) is 8.51. The molecule has 1 heterocycles. The fourth-order valence-electron chi connectivity index (χ4n) is 1.24. The summed E-state index contributed by atoms with van der Waals surface area (Å²) in [7, 11) is 0. The van der Waals surface area contributed by atoms with Crippen LogP contribution in [0.5, 0.6) is 0 Å². The molecule has 0 unspecified atom stereocenters. The second-order valence-corrected chi connectivity index (χ2v) is 4.33. The van der Waals surface area contributed by atoms with Crippen molar-refractivity contribution in [2.75, 3.05) is 18.5 Å². The van der Waals surface area contributed by atoms with Crippen molar-refractivity contribution in [3.05, 3.63) is 17.0 Å². The van der Waals surface area contributed by atoms with Crippen LogP contribution in [-0.2, 0) is 0 Å². The summed E-state index contributed by atoms with van der Waals surface area (Å²) < 4.78 is 0. The van der Waals surface area contributed by atoms with E-state index in [0.717, 1.165) is 31.0 Å². The Labute approximate surface area is 101 Å². The average molecular weight is 244 g/mol. The molecule has 1 aromatic rings. The molecule has 0 saturated heterocycles. The molecule has 0 atom stereocenters. The van der Waals surface area contributed by atoms with Crippen LogP contribution in [-0.4, -0.2) is 28.2 Å². The predicted octanol–water partition coefficient (Wildman–Crippen LogP) is 2.44. The van der Waals surface area contributed by atoms with Crippen molar-refractivity contribution in [3.63, 3.8) is 0 Å². The van der Waals surface area contributed by atoms with Crippen LogP contribution in [0, 0.1) is 0 Å². The van der Waals surface area contributed by atoms with Gasteiger partial charge in [-0.2, -0.15) is 0 Å². The third-order valence-electron chi connectivity index (χ3n) is 2.12. The predicted molar refractivity (Wildman–Crippen MR) is 65.9 cm³/mol. The topological polar surface area (TPSA) is 58.0 Å². The highest BCUT2D eigenvalue weighted by molar-refractivity contribution is 6.29. The van der Waals surface area contributed by atoms with Gasteiger partial charge in [-0.05, 0) is 12.8 Å². The second-order valence-electron chi connectivity index (χ2n) is 3.95. The van der Waals surface area contributed by atoms with Crippen LogP contribution in [0.4, 0.5) is 5.82 Å². The number of rotatable bonds is 6. The lowest BCUT2D eigenvalue weighted by Crippen LogP contribution is -2.07. The van der Waals surface area contributed by atoms with Crippen molar-refractivity contribution in [2.45, 2.75) is 32.6 Å². The number of nitrogens with one attached hydrogen (secondary N) is 1. The molecule has 4 nitrogen and oxygen atoms in total.